The van der Waals surface area contributed by atoms with E-state index in [1.54, 1.807) is 12.4 Å². The lowest BCUT2D eigenvalue weighted by Gasteiger charge is -2.27. The van der Waals surface area contributed by atoms with Crippen LogP contribution in [0.4, 0.5) is 5.69 Å². The first-order valence-electron chi connectivity index (χ1n) is 6.87. The van der Waals surface area contributed by atoms with Gasteiger partial charge in [-0.25, -0.2) is 0 Å². The Bertz CT molecular complexity index is 354. The number of ether oxygens (including phenoxy) is 2. The van der Waals surface area contributed by atoms with E-state index < -0.39 is 0 Å². The molecule has 0 aliphatic heterocycles. The third-order valence-corrected chi connectivity index (χ3v) is 2.84. The molecule has 1 aromatic heterocycles. The molecule has 0 aliphatic rings. The first-order chi connectivity index (χ1) is 9.22. The van der Waals surface area contributed by atoms with Crippen LogP contribution in [0.2, 0.25) is 0 Å². The minimum Gasteiger partial charge on any atom is -0.398 e. The molecular formula is C14H25N3O2. The van der Waals surface area contributed by atoms with Crippen LogP contribution in [-0.2, 0) is 15.9 Å². The molecule has 5 nitrogen and oxygen atoms in total. The van der Waals surface area contributed by atoms with E-state index in [4.69, 9.17) is 15.2 Å². The lowest BCUT2D eigenvalue weighted by molar-refractivity contribution is -0.153. The van der Waals surface area contributed by atoms with Crippen LogP contribution in [0.15, 0.2) is 18.5 Å². The summed E-state index contributed by atoms with van der Waals surface area (Å²) in [5, 5.41) is 3.39. The minimum atomic E-state index is -0.269. The zero-order chi connectivity index (χ0) is 14.1. The number of pyridine rings is 1. The number of hydrogen-bond acceptors (Lipinski definition) is 5. The molecule has 1 atom stereocenters. The smallest absolute Gasteiger partial charge is 0.172 e. The van der Waals surface area contributed by atoms with E-state index in [1.165, 1.54) is 0 Å². The second kappa shape index (κ2) is 8.85. The fourth-order valence-electron chi connectivity index (χ4n) is 1.98. The highest BCUT2D eigenvalue weighted by atomic mass is 16.7. The number of rotatable bonds is 9. The third-order valence-electron chi connectivity index (χ3n) is 2.84. The molecule has 0 saturated heterocycles. The van der Waals surface area contributed by atoms with Crippen molar-refractivity contribution in [2.45, 2.75) is 39.5 Å². The number of aromatic nitrogens is 1. The standard InChI is InChI=1S/C14H25N3O2/c1-4-17-13(14(18-5-2)19-6-3)9-11-10-16-8-7-12(11)15/h7-8,10,13-14,17H,4-6,9H2,1-3H3,(H2,15,16). The summed E-state index contributed by atoms with van der Waals surface area (Å²) in [6, 6.07) is 1.88. The Kier molecular flexibility index (Phi) is 7.40. The fourth-order valence-corrected chi connectivity index (χ4v) is 1.98. The van der Waals surface area contributed by atoms with Gasteiger partial charge in [-0.1, -0.05) is 6.92 Å². The van der Waals surface area contributed by atoms with Crippen LogP contribution < -0.4 is 11.1 Å². The number of nitrogen functional groups attached to an aromatic ring is 1. The molecule has 0 aromatic carbocycles. The quantitative estimate of drug-likeness (QED) is 0.665. The highest BCUT2D eigenvalue weighted by molar-refractivity contribution is 5.44. The van der Waals surface area contributed by atoms with Crippen LogP contribution >= 0.6 is 0 Å². The summed E-state index contributed by atoms with van der Waals surface area (Å²) in [6.45, 7) is 8.08. The number of nitrogens with one attached hydrogen (secondary N) is 1. The number of nitrogens with two attached hydrogens (primary N) is 1. The van der Waals surface area contributed by atoms with Crippen molar-refractivity contribution in [1.29, 1.82) is 0 Å². The van der Waals surface area contributed by atoms with Gasteiger partial charge in [-0.2, -0.15) is 0 Å². The molecular weight excluding hydrogens is 242 g/mol. The van der Waals surface area contributed by atoms with Gasteiger partial charge in [0.05, 0.1) is 6.04 Å². The van der Waals surface area contributed by atoms with Crippen molar-refractivity contribution in [2.75, 3.05) is 25.5 Å². The average molecular weight is 267 g/mol. The van der Waals surface area contributed by atoms with Gasteiger partial charge in [0.15, 0.2) is 6.29 Å². The molecule has 0 bridgehead atoms. The maximum atomic E-state index is 5.96. The molecule has 3 N–H and O–H groups in total. The second-order valence-corrected chi connectivity index (χ2v) is 4.22. The Hall–Kier alpha value is -1.17. The Morgan fingerprint density at radius 2 is 1.95 bits per heavy atom. The molecule has 0 radical (unpaired) electrons. The summed E-state index contributed by atoms with van der Waals surface area (Å²) in [5.74, 6) is 0. The van der Waals surface area contributed by atoms with Crippen LogP contribution in [0.5, 0.6) is 0 Å². The van der Waals surface area contributed by atoms with Crippen molar-refractivity contribution >= 4 is 5.69 Å². The number of hydrogen-bond donors (Lipinski definition) is 2. The highest BCUT2D eigenvalue weighted by Crippen LogP contribution is 2.15. The van der Waals surface area contributed by atoms with Gasteiger partial charge in [0.1, 0.15) is 0 Å². The van der Waals surface area contributed by atoms with Gasteiger partial charge in [-0.15, -0.1) is 0 Å². The second-order valence-electron chi connectivity index (χ2n) is 4.22. The van der Waals surface area contributed by atoms with E-state index in [0.29, 0.717) is 13.2 Å². The van der Waals surface area contributed by atoms with E-state index in [-0.39, 0.29) is 12.3 Å². The van der Waals surface area contributed by atoms with Gasteiger partial charge < -0.3 is 20.5 Å². The zero-order valence-electron chi connectivity index (χ0n) is 12.1. The summed E-state index contributed by atoms with van der Waals surface area (Å²) in [5.41, 5.74) is 7.73. The van der Waals surface area contributed by atoms with E-state index >= 15 is 0 Å². The zero-order valence-corrected chi connectivity index (χ0v) is 12.1. The van der Waals surface area contributed by atoms with Crippen molar-refractivity contribution in [2.24, 2.45) is 0 Å². The first-order valence-corrected chi connectivity index (χ1v) is 6.87. The lowest BCUT2D eigenvalue weighted by Crippen LogP contribution is -2.44. The van der Waals surface area contributed by atoms with Crippen molar-refractivity contribution in [1.82, 2.24) is 10.3 Å². The summed E-state index contributed by atoms with van der Waals surface area (Å²) in [7, 11) is 0. The maximum Gasteiger partial charge on any atom is 0.172 e. The Labute approximate surface area is 115 Å². The lowest BCUT2D eigenvalue weighted by atomic mass is 10.1. The maximum absolute atomic E-state index is 5.96. The Balaban J connectivity index is 2.77. The topological polar surface area (TPSA) is 69.4 Å². The van der Waals surface area contributed by atoms with Gasteiger partial charge in [0, 0.05) is 31.3 Å². The largest absolute Gasteiger partial charge is 0.398 e. The van der Waals surface area contributed by atoms with Gasteiger partial charge in [-0.3, -0.25) is 4.98 Å². The Morgan fingerprint density at radius 1 is 1.26 bits per heavy atom. The normalized spacial score (nSPS) is 12.8. The van der Waals surface area contributed by atoms with Crippen molar-refractivity contribution in [3.8, 4) is 0 Å². The molecule has 0 spiro atoms. The Morgan fingerprint density at radius 3 is 2.47 bits per heavy atom. The first kappa shape index (κ1) is 15.9. The molecule has 1 rings (SSSR count). The van der Waals surface area contributed by atoms with Crippen molar-refractivity contribution in [3.63, 3.8) is 0 Å². The monoisotopic (exact) mass is 267 g/mol. The average Bonchev–Trinajstić information content (AvgIpc) is 2.40. The van der Waals surface area contributed by atoms with Gasteiger partial charge in [0.25, 0.3) is 0 Å². The molecule has 1 heterocycles. The summed E-state index contributed by atoms with van der Waals surface area (Å²) in [4.78, 5) is 4.12. The molecule has 19 heavy (non-hydrogen) atoms. The summed E-state index contributed by atoms with van der Waals surface area (Å²) < 4.78 is 11.3. The third kappa shape index (κ3) is 5.14. The molecule has 0 amide bonds. The molecule has 5 heteroatoms. The van der Waals surface area contributed by atoms with Gasteiger partial charge >= 0.3 is 0 Å². The van der Waals surface area contributed by atoms with E-state index in [1.807, 2.05) is 19.9 Å². The summed E-state index contributed by atoms with van der Waals surface area (Å²) >= 11 is 0. The van der Waals surface area contributed by atoms with Crippen molar-refractivity contribution < 1.29 is 9.47 Å². The highest BCUT2D eigenvalue weighted by Gasteiger charge is 2.22. The van der Waals surface area contributed by atoms with E-state index in [9.17, 15) is 0 Å². The van der Waals surface area contributed by atoms with Crippen molar-refractivity contribution in [3.05, 3.63) is 24.0 Å². The SMILES string of the molecule is CCNC(Cc1cnccc1N)C(OCC)OCC. The van der Waals surface area contributed by atoms with Crippen LogP contribution in [0.1, 0.15) is 26.3 Å². The van der Waals surface area contributed by atoms with E-state index in [0.717, 1.165) is 24.2 Å². The molecule has 1 unspecified atom stereocenters. The molecule has 0 saturated carbocycles. The number of likely N-dealkylation sites (N-methyl/N-ethyl adjacent to an activating group) is 1. The fraction of sp³-hybridized carbons (Fsp3) is 0.643. The van der Waals surface area contributed by atoms with Gasteiger partial charge in [-0.05, 0) is 38.4 Å². The summed E-state index contributed by atoms with van der Waals surface area (Å²) in [6.07, 6.45) is 3.96. The predicted octanol–water partition coefficient (Wildman–Crippen LogP) is 1.58. The van der Waals surface area contributed by atoms with Gasteiger partial charge in [0.2, 0.25) is 0 Å². The predicted molar refractivity (Wildman–Crippen MR) is 76.9 cm³/mol. The molecule has 0 fully saturated rings. The van der Waals surface area contributed by atoms with Crippen LogP contribution in [0.3, 0.4) is 0 Å². The van der Waals surface area contributed by atoms with Crippen LogP contribution in [-0.4, -0.2) is 37.1 Å². The van der Waals surface area contributed by atoms with E-state index in [2.05, 4.69) is 17.2 Å². The number of anilines is 1. The van der Waals surface area contributed by atoms with Crippen LogP contribution in [0, 0.1) is 0 Å². The number of nitrogens with zero attached hydrogens (tertiary/aromatic N) is 1. The molecule has 0 aliphatic carbocycles. The molecule has 108 valence electrons. The molecule has 1 aromatic rings. The van der Waals surface area contributed by atoms with Crippen LogP contribution in [0.25, 0.3) is 0 Å². The minimum absolute atomic E-state index is 0.0661.